The van der Waals surface area contributed by atoms with Crippen LogP contribution in [0.1, 0.15) is 104 Å². The Morgan fingerprint density at radius 2 is 1.32 bits per heavy atom. The molecule has 0 bridgehead atoms. The number of aliphatic carboxylic acids is 1. The van der Waals surface area contributed by atoms with Gasteiger partial charge in [0.15, 0.2) is 0 Å². The minimum absolute atomic E-state index is 0. The van der Waals surface area contributed by atoms with E-state index in [0.29, 0.717) is 6.61 Å². The minimum Gasteiger partial charge on any atom is -0.548 e. The first kappa shape index (κ1) is 30.5. The van der Waals surface area contributed by atoms with Gasteiger partial charge in [-0.25, -0.2) is 0 Å². The average Bonchev–Trinajstić information content (AvgIpc) is 2.64. The molecule has 0 aromatic rings. The fraction of sp³-hybridized carbons (Fsp3) is 0.955. The second kappa shape index (κ2) is 23.6. The maximum Gasteiger partial charge on any atom is 1.00 e. The van der Waals surface area contributed by atoms with Crippen LogP contribution >= 0.6 is 0 Å². The van der Waals surface area contributed by atoms with Crippen molar-refractivity contribution < 1.29 is 54.0 Å². The predicted octanol–water partition coefficient (Wildman–Crippen LogP) is 1.00. The quantitative estimate of drug-likeness (QED) is 0.226. The second-order valence-corrected chi connectivity index (χ2v) is 7.61. The van der Waals surface area contributed by atoms with E-state index in [9.17, 15) is 15.0 Å². The molecule has 0 spiro atoms. The maximum absolute atomic E-state index is 10.5. The smallest absolute Gasteiger partial charge is 0.548 e. The van der Waals surface area contributed by atoms with Crippen molar-refractivity contribution in [2.45, 2.75) is 116 Å². The first-order valence-corrected chi connectivity index (χ1v) is 11.2. The topological polar surface area (TPSA) is 78.8 Å². The number of carboxylic acid groups (broad SMARTS) is 1. The summed E-state index contributed by atoms with van der Waals surface area (Å²) < 4.78 is 11.0. The van der Waals surface area contributed by atoms with Gasteiger partial charge in [-0.05, 0) is 12.8 Å². The fourth-order valence-electron chi connectivity index (χ4n) is 3.13. The van der Waals surface area contributed by atoms with Gasteiger partial charge < -0.3 is 24.5 Å². The molecule has 2 atom stereocenters. The normalized spacial score (nSPS) is 13.1. The Morgan fingerprint density at radius 1 is 0.821 bits per heavy atom. The van der Waals surface area contributed by atoms with Crippen LogP contribution in [0.2, 0.25) is 0 Å². The summed E-state index contributed by atoms with van der Waals surface area (Å²) in [6.07, 6.45) is 15.4. The molecule has 28 heavy (non-hydrogen) atoms. The number of carbonyl (C=O) groups is 1. The third kappa shape index (κ3) is 22.6. The van der Waals surface area contributed by atoms with Gasteiger partial charge in [-0.3, -0.25) is 0 Å². The molecule has 6 heteroatoms. The Morgan fingerprint density at radius 3 is 1.86 bits per heavy atom. The molecule has 0 aliphatic heterocycles. The number of aliphatic hydroxyl groups is 1. The van der Waals surface area contributed by atoms with Crippen molar-refractivity contribution in [1.29, 1.82) is 0 Å². The van der Waals surface area contributed by atoms with Gasteiger partial charge in [-0.1, -0.05) is 90.9 Å². The van der Waals surface area contributed by atoms with Crippen LogP contribution in [0.15, 0.2) is 0 Å². The number of hydrogen-bond acceptors (Lipinski definition) is 5. The first-order chi connectivity index (χ1) is 13.1. The summed E-state index contributed by atoms with van der Waals surface area (Å²) in [6, 6.07) is 0. The number of unbranched alkanes of at least 4 members (excludes halogenated alkanes) is 10. The third-order valence-electron chi connectivity index (χ3n) is 4.82. The van der Waals surface area contributed by atoms with E-state index in [1.807, 2.05) is 0 Å². The summed E-state index contributed by atoms with van der Waals surface area (Å²) in [4.78, 5) is 10.5. The van der Waals surface area contributed by atoms with E-state index >= 15 is 0 Å². The Balaban J connectivity index is 0. The second-order valence-electron chi connectivity index (χ2n) is 7.61. The molecule has 0 aliphatic carbocycles. The Hall–Kier alpha value is 0.350. The molecule has 0 saturated heterocycles. The molecule has 2 unspecified atom stereocenters. The van der Waals surface area contributed by atoms with Crippen molar-refractivity contribution in [2.24, 2.45) is 0 Å². The molecule has 0 aliphatic rings. The maximum atomic E-state index is 10.5. The minimum atomic E-state index is -1.21. The zero-order chi connectivity index (χ0) is 20.2. The van der Waals surface area contributed by atoms with Gasteiger partial charge in [-0.15, -0.1) is 0 Å². The van der Waals surface area contributed by atoms with Gasteiger partial charge in [-0.2, -0.15) is 0 Å². The van der Waals surface area contributed by atoms with E-state index in [0.717, 1.165) is 38.5 Å². The fourth-order valence-corrected chi connectivity index (χ4v) is 3.13. The molecule has 0 radical (unpaired) electrons. The van der Waals surface area contributed by atoms with Gasteiger partial charge in [0.2, 0.25) is 0 Å². The molecule has 0 aromatic heterocycles. The van der Waals surface area contributed by atoms with Crippen LogP contribution in [0.25, 0.3) is 0 Å². The molecule has 0 aromatic carbocycles. The van der Waals surface area contributed by atoms with Crippen molar-refractivity contribution in [3.8, 4) is 0 Å². The molecular formula is C22H43NaO5. The van der Waals surface area contributed by atoms with Gasteiger partial charge in [0.1, 0.15) is 0 Å². The zero-order valence-electron chi connectivity index (χ0n) is 18.8. The molecule has 0 saturated carbocycles. The van der Waals surface area contributed by atoms with Crippen LogP contribution < -0.4 is 34.7 Å². The standard InChI is InChI=1S/C22H44O5.Na/c1-3-5-7-9-11-13-15-20(23)17-27-21(18-26-19-22(24)25)16-14-12-10-8-6-4-2;/h20-21,23H,3-19H2,1-2H3,(H,24,25);/q;+1/p-1. The van der Waals surface area contributed by atoms with Gasteiger partial charge in [0.25, 0.3) is 0 Å². The van der Waals surface area contributed by atoms with E-state index in [1.165, 1.54) is 51.4 Å². The average molecular weight is 411 g/mol. The van der Waals surface area contributed by atoms with E-state index in [4.69, 9.17) is 9.47 Å². The van der Waals surface area contributed by atoms with E-state index in [-0.39, 0.29) is 42.3 Å². The van der Waals surface area contributed by atoms with Crippen LogP contribution in [-0.2, 0) is 14.3 Å². The van der Waals surface area contributed by atoms with Gasteiger partial charge in [0, 0.05) is 0 Å². The van der Waals surface area contributed by atoms with Crippen molar-refractivity contribution in [3.05, 3.63) is 0 Å². The summed E-state index contributed by atoms with van der Waals surface area (Å²) in [5.74, 6) is -1.21. The number of carbonyl (C=O) groups excluding carboxylic acids is 1. The van der Waals surface area contributed by atoms with Crippen LogP contribution in [0, 0.1) is 0 Å². The van der Waals surface area contributed by atoms with E-state index in [2.05, 4.69) is 13.8 Å². The van der Waals surface area contributed by atoms with Crippen LogP contribution in [0.4, 0.5) is 0 Å². The molecule has 1 N–H and O–H groups in total. The molecule has 0 fully saturated rings. The third-order valence-corrected chi connectivity index (χ3v) is 4.82. The van der Waals surface area contributed by atoms with Crippen LogP contribution in [0.3, 0.4) is 0 Å². The number of carboxylic acids is 1. The number of rotatable bonds is 21. The molecule has 0 amide bonds. The Labute approximate surface area is 195 Å². The number of ether oxygens (including phenoxy) is 2. The monoisotopic (exact) mass is 410 g/mol. The van der Waals surface area contributed by atoms with Crippen molar-refractivity contribution in [3.63, 3.8) is 0 Å². The molecule has 162 valence electrons. The first-order valence-electron chi connectivity index (χ1n) is 11.2. The summed E-state index contributed by atoms with van der Waals surface area (Å²) in [5, 5.41) is 20.6. The van der Waals surface area contributed by atoms with E-state index in [1.54, 1.807) is 0 Å². The van der Waals surface area contributed by atoms with Crippen molar-refractivity contribution in [2.75, 3.05) is 19.8 Å². The summed E-state index contributed by atoms with van der Waals surface area (Å²) in [5.41, 5.74) is 0. The largest absolute Gasteiger partial charge is 1.00 e. The zero-order valence-corrected chi connectivity index (χ0v) is 20.8. The molecule has 0 rings (SSSR count). The Bertz CT molecular complexity index is 328. The molecular weight excluding hydrogens is 367 g/mol. The summed E-state index contributed by atoms with van der Waals surface area (Å²) in [6.45, 7) is 4.54. The molecule has 5 nitrogen and oxygen atoms in total. The van der Waals surface area contributed by atoms with Gasteiger partial charge in [0.05, 0.1) is 38.0 Å². The van der Waals surface area contributed by atoms with E-state index < -0.39 is 18.7 Å². The van der Waals surface area contributed by atoms with Gasteiger partial charge >= 0.3 is 29.6 Å². The van der Waals surface area contributed by atoms with Crippen LogP contribution in [0.5, 0.6) is 0 Å². The van der Waals surface area contributed by atoms with Crippen molar-refractivity contribution in [1.82, 2.24) is 0 Å². The number of aliphatic hydroxyl groups excluding tert-OH is 1. The van der Waals surface area contributed by atoms with Crippen LogP contribution in [-0.4, -0.2) is 43.1 Å². The molecule has 0 heterocycles. The predicted molar refractivity (Wildman–Crippen MR) is 108 cm³/mol. The number of hydrogen-bond donors (Lipinski definition) is 1. The SMILES string of the molecule is CCCCCCCCC(O)COC(CCCCCCCC)COCC(=O)[O-].[Na+]. The summed E-state index contributed by atoms with van der Waals surface area (Å²) >= 11 is 0. The van der Waals surface area contributed by atoms with Crippen molar-refractivity contribution >= 4 is 5.97 Å². The Kier molecular flexibility index (Phi) is 25.8. The summed E-state index contributed by atoms with van der Waals surface area (Å²) in [7, 11) is 0.